The Kier molecular flexibility index (Phi) is 5.60. The zero-order valence-electron chi connectivity index (χ0n) is 14.8. The summed E-state index contributed by atoms with van der Waals surface area (Å²) in [5.41, 5.74) is 4.96. The van der Waals surface area contributed by atoms with Gasteiger partial charge in [0.2, 0.25) is 0 Å². The van der Waals surface area contributed by atoms with Crippen molar-refractivity contribution in [2.75, 3.05) is 0 Å². The van der Waals surface area contributed by atoms with Crippen molar-refractivity contribution in [3.63, 3.8) is 0 Å². The first-order valence-corrected chi connectivity index (χ1v) is 8.96. The molecule has 0 radical (unpaired) electrons. The lowest BCUT2D eigenvalue weighted by Crippen LogP contribution is -2.21. The lowest BCUT2D eigenvalue weighted by molar-refractivity contribution is -0.115. The number of aromatic amines is 1. The van der Waals surface area contributed by atoms with E-state index in [1.165, 1.54) is 5.57 Å². The zero-order valence-corrected chi connectivity index (χ0v) is 15.6. The third-order valence-electron chi connectivity index (χ3n) is 4.27. The molecule has 0 spiro atoms. The number of hydrogen-bond donors (Lipinski definition) is 2. The van der Waals surface area contributed by atoms with Gasteiger partial charge in [0, 0.05) is 29.9 Å². The van der Waals surface area contributed by atoms with Gasteiger partial charge in [0.1, 0.15) is 5.65 Å². The number of aromatic nitrogens is 2. The molecule has 2 N–H and O–H groups in total. The van der Waals surface area contributed by atoms with Crippen molar-refractivity contribution in [2.45, 2.75) is 33.1 Å². The minimum Gasteiger partial charge on any atom is -0.345 e. The molecule has 1 aliphatic rings. The third-order valence-corrected chi connectivity index (χ3v) is 4.58. The number of pyridine rings is 1. The van der Waals surface area contributed by atoms with Gasteiger partial charge in [-0.1, -0.05) is 36.6 Å². The number of carbonyl (C=O) groups excluding carboxylic acids is 1. The molecule has 0 aromatic carbocycles. The minimum atomic E-state index is -0.271. The Bertz CT molecular complexity index is 999. The van der Waals surface area contributed by atoms with Crippen LogP contribution in [-0.2, 0) is 4.79 Å². The average molecular weight is 366 g/mol. The van der Waals surface area contributed by atoms with Gasteiger partial charge >= 0.3 is 0 Å². The van der Waals surface area contributed by atoms with Crippen LogP contribution in [0.4, 0.5) is 0 Å². The van der Waals surface area contributed by atoms with Gasteiger partial charge in [-0.25, -0.2) is 4.98 Å². The first-order valence-electron chi connectivity index (χ1n) is 8.58. The second-order valence-corrected chi connectivity index (χ2v) is 6.52. The standard InChI is InChI=1S/C21H20ClN3O/c1-3-4-8-20(26)25-19-7-5-6-15(10-9-14(19)2)16-11-17-18(22)13-24-21(17)23-12-16/h5-7,11-13H,3,9-10H2,1-2H3,(H,23,24)(H,25,26). The summed E-state index contributed by atoms with van der Waals surface area (Å²) in [5.74, 6) is 5.10. The average Bonchev–Trinajstić information content (AvgIpc) is 3.00. The third kappa shape index (κ3) is 4.07. The molecule has 0 bridgehead atoms. The highest BCUT2D eigenvalue weighted by atomic mass is 35.5. The van der Waals surface area contributed by atoms with Crippen molar-refractivity contribution >= 4 is 34.1 Å². The van der Waals surface area contributed by atoms with Gasteiger partial charge in [0.15, 0.2) is 0 Å². The molecule has 0 unspecified atom stereocenters. The molecule has 0 saturated carbocycles. The van der Waals surface area contributed by atoms with Crippen molar-refractivity contribution < 1.29 is 4.79 Å². The van der Waals surface area contributed by atoms with Crippen LogP contribution in [-0.4, -0.2) is 15.9 Å². The topological polar surface area (TPSA) is 57.8 Å². The second kappa shape index (κ2) is 8.07. The fraction of sp³-hybridized carbons (Fsp3) is 0.238. The SMILES string of the molecule is CCC#CC(=O)NC1=C(C)CCC(c2cnc3[nH]cc(Cl)c3c2)=CC=C1. The second-order valence-electron chi connectivity index (χ2n) is 6.11. The zero-order chi connectivity index (χ0) is 18.5. The maximum absolute atomic E-state index is 11.8. The predicted molar refractivity (Wildman–Crippen MR) is 106 cm³/mol. The molecule has 0 aliphatic heterocycles. The van der Waals surface area contributed by atoms with Gasteiger partial charge < -0.3 is 10.3 Å². The van der Waals surface area contributed by atoms with E-state index in [1.54, 1.807) is 6.20 Å². The molecular formula is C21H20ClN3O. The lowest BCUT2D eigenvalue weighted by Gasteiger charge is -2.13. The maximum Gasteiger partial charge on any atom is 0.300 e. The number of halogens is 1. The number of nitrogens with zero attached hydrogens (tertiary/aromatic N) is 1. The van der Waals surface area contributed by atoms with Gasteiger partial charge in [-0.2, -0.15) is 0 Å². The van der Waals surface area contributed by atoms with Crippen LogP contribution in [0, 0.1) is 11.8 Å². The van der Waals surface area contributed by atoms with E-state index in [0.29, 0.717) is 11.4 Å². The van der Waals surface area contributed by atoms with Gasteiger partial charge in [0.25, 0.3) is 5.91 Å². The van der Waals surface area contributed by atoms with Crippen LogP contribution in [0.15, 0.2) is 48.0 Å². The molecule has 132 valence electrons. The van der Waals surface area contributed by atoms with Gasteiger partial charge in [-0.15, -0.1) is 0 Å². The number of amides is 1. The molecular weight excluding hydrogens is 346 g/mol. The Balaban J connectivity index is 1.83. The van der Waals surface area contributed by atoms with Crippen molar-refractivity contribution in [2.24, 2.45) is 0 Å². The quantitative estimate of drug-likeness (QED) is 0.754. The predicted octanol–water partition coefficient (Wildman–Crippen LogP) is 4.75. The summed E-state index contributed by atoms with van der Waals surface area (Å²) in [6.07, 6.45) is 11.9. The highest BCUT2D eigenvalue weighted by Gasteiger charge is 2.11. The van der Waals surface area contributed by atoms with Gasteiger partial charge in [0.05, 0.1) is 5.02 Å². The van der Waals surface area contributed by atoms with Crippen LogP contribution >= 0.6 is 11.6 Å². The number of carbonyl (C=O) groups is 1. The van der Waals surface area contributed by atoms with Crippen molar-refractivity contribution in [1.82, 2.24) is 15.3 Å². The molecule has 2 aromatic rings. The maximum atomic E-state index is 11.8. The highest BCUT2D eigenvalue weighted by molar-refractivity contribution is 6.35. The van der Waals surface area contributed by atoms with Crippen LogP contribution in [0.25, 0.3) is 16.6 Å². The Morgan fingerprint density at radius 1 is 1.42 bits per heavy atom. The molecule has 4 nitrogen and oxygen atoms in total. The van der Waals surface area contributed by atoms with Crippen molar-refractivity contribution in [1.29, 1.82) is 0 Å². The van der Waals surface area contributed by atoms with E-state index in [1.807, 2.05) is 32.2 Å². The molecule has 0 saturated heterocycles. The number of nitrogens with one attached hydrogen (secondary N) is 2. The van der Waals surface area contributed by atoms with Crippen LogP contribution in [0.1, 0.15) is 38.7 Å². The summed E-state index contributed by atoms with van der Waals surface area (Å²) >= 11 is 6.21. The first kappa shape index (κ1) is 18.0. The van der Waals surface area contributed by atoms with Crippen LogP contribution in [0.3, 0.4) is 0 Å². The number of fused-ring (bicyclic) bond motifs is 1. The highest BCUT2D eigenvalue weighted by Crippen LogP contribution is 2.29. The molecule has 2 heterocycles. The van der Waals surface area contributed by atoms with Gasteiger partial charge in [-0.05, 0) is 54.5 Å². The van der Waals surface area contributed by atoms with Crippen molar-refractivity contribution in [3.8, 4) is 11.8 Å². The summed E-state index contributed by atoms with van der Waals surface area (Å²) < 4.78 is 0. The molecule has 5 heteroatoms. The lowest BCUT2D eigenvalue weighted by atomic mass is 9.96. The van der Waals surface area contributed by atoms with E-state index in [4.69, 9.17) is 11.6 Å². The summed E-state index contributed by atoms with van der Waals surface area (Å²) in [5, 5.41) is 4.46. The fourth-order valence-corrected chi connectivity index (χ4v) is 3.00. The Hall–Kier alpha value is -2.77. The Labute approximate surface area is 158 Å². The monoisotopic (exact) mass is 365 g/mol. The molecule has 0 atom stereocenters. The number of H-pyrrole nitrogens is 1. The van der Waals surface area contributed by atoms with E-state index in [0.717, 1.165) is 40.7 Å². The summed E-state index contributed by atoms with van der Waals surface area (Å²) in [6, 6.07) is 2.06. The van der Waals surface area contributed by atoms with Crippen LogP contribution in [0.2, 0.25) is 5.02 Å². The Morgan fingerprint density at radius 3 is 3.08 bits per heavy atom. The normalized spacial score (nSPS) is 14.3. The molecule has 1 amide bonds. The molecule has 3 rings (SSSR count). The minimum absolute atomic E-state index is 0.271. The van der Waals surface area contributed by atoms with Crippen LogP contribution < -0.4 is 5.32 Å². The number of hydrogen-bond acceptors (Lipinski definition) is 2. The van der Waals surface area contributed by atoms with Crippen molar-refractivity contribution in [3.05, 3.63) is 58.5 Å². The summed E-state index contributed by atoms with van der Waals surface area (Å²) in [6.45, 7) is 3.94. The van der Waals surface area contributed by atoms with Gasteiger partial charge in [-0.3, -0.25) is 4.79 Å². The molecule has 0 fully saturated rings. The smallest absolute Gasteiger partial charge is 0.300 e. The fourth-order valence-electron chi connectivity index (χ4n) is 2.80. The Morgan fingerprint density at radius 2 is 2.27 bits per heavy atom. The molecule has 26 heavy (non-hydrogen) atoms. The largest absolute Gasteiger partial charge is 0.345 e. The summed E-state index contributed by atoms with van der Waals surface area (Å²) in [4.78, 5) is 19.3. The molecule has 1 aliphatic carbocycles. The van der Waals surface area contributed by atoms with E-state index in [9.17, 15) is 4.79 Å². The van der Waals surface area contributed by atoms with E-state index < -0.39 is 0 Å². The number of allylic oxidation sites excluding steroid dienone is 5. The molecule has 2 aromatic heterocycles. The van der Waals surface area contributed by atoms with Crippen LogP contribution in [0.5, 0.6) is 0 Å². The van der Waals surface area contributed by atoms with E-state index in [-0.39, 0.29) is 5.91 Å². The van der Waals surface area contributed by atoms with E-state index >= 15 is 0 Å². The van der Waals surface area contributed by atoms with E-state index in [2.05, 4.69) is 39.3 Å². The first-order chi connectivity index (χ1) is 12.6. The number of rotatable bonds is 2. The summed E-state index contributed by atoms with van der Waals surface area (Å²) in [7, 11) is 0.